The number of rotatable bonds is 8. The van der Waals surface area contributed by atoms with E-state index < -0.39 is 24.2 Å². The van der Waals surface area contributed by atoms with Gasteiger partial charge in [0.05, 0.1) is 41.6 Å². The second kappa shape index (κ2) is 11.4. The van der Waals surface area contributed by atoms with Gasteiger partial charge in [0.2, 0.25) is 5.88 Å². The fourth-order valence-electron chi connectivity index (χ4n) is 3.91. The van der Waals surface area contributed by atoms with Crippen molar-refractivity contribution in [1.29, 1.82) is 0 Å². The van der Waals surface area contributed by atoms with Crippen molar-refractivity contribution >= 4 is 23.1 Å². The highest BCUT2D eigenvalue weighted by atomic mass is 32.1. The number of hydrogen-bond acceptors (Lipinski definition) is 8. The number of anilines is 1. The SMILES string of the molecule is Cc1nsc(Cc2cncc(C(F)(F)F)n2)c1C(=O)Nc1ccc(OC2CCN(CC(F)F)CC2)nc1. The number of pyridine rings is 1. The molecule has 8 nitrogen and oxygen atoms in total. The monoisotopic (exact) mass is 542 g/mol. The molecular formula is C23H23F5N6O2S. The second-order valence-electron chi connectivity index (χ2n) is 8.48. The second-order valence-corrected chi connectivity index (χ2v) is 9.34. The van der Waals surface area contributed by atoms with E-state index in [1.807, 2.05) is 0 Å². The number of amides is 1. The zero-order valence-electron chi connectivity index (χ0n) is 19.6. The van der Waals surface area contributed by atoms with E-state index in [4.69, 9.17) is 4.74 Å². The molecule has 0 spiro atoms. The maximum Gasteiger partial charge on any atom is 0.434 e. The molecule has 4 heterocycles. The van der Waals surface area contributed by atoms with E-state index in [-0.39, 0.29) is 30.3 Å². The topological polar surface area (TPSA) is 93.1 Å². The number of piperidine rings is 1. The highest BCUT2D eigenvalue weighted by Gasteiger charge is 2.33. The third-order valence-corrected chi connectivity index (χ3v) is 6.62. The highest BCUT2D eigenvalue weighted by molar-refractivity contribution is 7.06. The van der Waals surface area contributed by atoms with Gasteiger partial charge in [-0.3, -0.25) is 14.7 Å². The van der Waals surface area contributed by atoms with E-state index in [2.05, 4.69) is 24.6 Å². The van der Waals surface area contributed by atoms with Crippen molar-refractivity contribution in [1.82, 2.24) is 24.2 Å². The van der Waals surface area contributed by atoms with E-state index in [1.165, 1.54) is 12.4 Å². The molecule has 4 rings (SSSR count). The van der Waals surface area contributed by atoms with Crippen LogP contribution in [0.4, 0.5) is 27.6 Å². The Bertz CT molecular complexity index is 1210. The van der Waals surface area contributed by atoms with Crippen LogP contribution in [-0.2, 0) is 12.6 Å². The van der Waals surface area contributed by atoms with Gasteiger partial charge >= 0.3 is 6.18 Å². The van der Waals surface area contributed by atoms with Crippen LogP contribution in [0.1, 0.15) is 45.2 Å². The van der Waals surface area contributed by atoms with Crippen LogP contribution in [0, 0.1) is 6.92 Å². The lowest BCUT2D eigenvalue weighted by molar-refractivity contribution is -0.141. The molecule has 1 amide bonds. The largest absolute Gasteiger partial charge is 0.474 e. The van der Waals surface area contributed by atoms with Gasteiger partial charge in [-0.2, -0.15) is 17.5 Å². The summed E-state index contributed by atoms with van der Waals surface area (Å²) in [5.41, 5.74) is 0.0307. The predicted molar refractivity (Wildman–Crippen MR) is 125 cm³/mol. The molecule has 0 saturated carbocycles. The van der Waals surface area contributed by atoms with Crippen molar-refractivity contribution < 1.29 is 31.5 Å². The molecule has 0 unspecified atom stereocenters. The molecule has 3 aromatic heterocycles. The summed E-state index contributed by atoms with van der Waals surface area (Å²) in [5, 5.41) is 2.72. The van der Waals surface area contributed by atoms with Crippen molar-refractivity contribution in [2.24, 2.45) is 0 Å². The maximum atomic E-state index is 13.0. The van der Waals surface area contributed by atoms with Gasteiger partial charge in [-0.05, 0) is 37.4 Å². The van der Waals surface area contributed by atoms with E-state index in [0.717, 1.165) is 11.5 Å². The number of aromatic nitrogens is 4. The van der Waals surface area contributed by atoms with Crippen LogP contribution in [0.25, 0.3) is 0 Å². The predicted octanol–water partition coefficient (Wildman–Crippen LogP) is 4.61. The standard InChI is InChI=1S/C23H23F5N6O2S/c1-13-21(17(37-33-13)8-15-9-29-11-18(31-15)23(26,27)28)22(35)32-14-2-3-20(30-10-14)36-16-4-6-34(7-5-16)12-19(24)25/h2-3,9-11,16,19H,4-8,12H2,1H3,(H,32,35). The normalized spacial score (nSPS) is 15.2. The summed E-state index contributed by atoms with van der Waals surface area (Å²) in [4.78, 5) is 26.5. The number of carbonyl (C=O) groups is 1. The molecule has 1 N–H and O–H groups in total. The number of aryl methyl sites for hydroxylation is 1. The molecule has 37 heavy (non-hydrogen) atoms. The van der Waals surface area contributed by atoms with Crippen molar-refractivity contribution in [3.63, 3.8) is 0 Å². The van der Waals surface area contributed by atoms with Gasteiger partial charge in [0.1, 0.15) is 6.10 Å². The summed E-state index contributed by atoms with van der Waals surface area (Å²) in [6, 6.07) is 3.21. The van der Waals surface area contributed by atoms with Gasteiger partial charge < -0.3 is 10.1 Å². The van der Waals surface area contributed by atoms with Crippen molar-refractivity contribution in [3.8, 4) is 5.88 Å². The lowest BCUT2D eigenvalue weighted by Gasteiger charge is -2.31. The fraction of sp³-hybridized carbons (Fsp3) is 0.435. The first-order valence-electron chi connectivity index (χ1n) is 11.4. The first-order valence-corrected chi connectivity index (χ1v) is 12.1. The molecule has 0 aliphatic carbocycles. The minimum atomic E-state index is -4.62. The third kappa shape index (κ3) is 7.16. The van der Waals surface area contributed by atoms with E-state index >= 15 is 0 Å². The van der Waals surface area contributed by atoms with Crippen LogP contribution >= 0.6 is 11.5 Å². The van der Waals surface area contributed by atoms with E-state index in [1.54, 1.807) is 24.0 Å². The van der Waals surface area contributed by atoms with Gasteiger partial charge in [0.15, 0.2) is 5.69 Å². The minimum Gasteiger partial charge on any atom is -0.474 e. The summed E-state index contributed by atoms with van der Waals surface area (Å²) < 4.78 is 73.9. The Morgan fingerprint density at radius 2 is 1.97 bits per heavy atom. The molecule has 1 fully saturated rings. The van der Waals surface area contributed by atoms with Crippen molar-refractivity contribution in [2.75, 3.05) is 25.0 Å². The number of ether oxygens (including phenoxy) is 1. The lowest BCUT2D eigenvalue weighted by atomic mass is 10.1. The fourth-order valence-corrected chi connectivity index (χ4v) is 4.80. The Balaban J connectivity index is 1.36. The zero-order chi connectivity index (χ0) is 26.6. The van der Waals surface area contributed by atoms with E-state index in [9.17, 15) is 26.7 Å². The van der Waals surface area contributed by atoms with Crippen LogP contribution in [0.3, 0.4) is 0 Å². The van der Waals surface area contributed by atoms with Crippen LogP contribution in [-0.4, -0.2) is 62.3 Å². The van der Waals surface area contributed by atoms with Crippen LogP contribution < -0.4 is 10.1 Å². The third-order valence-electron chi connectivity index (χ3n) is 5.69. The molecule has 0 bridgehead atoms. The van der Waals surface area contributed by atoms with Crippen molar-refractivity contribution in [2.45, 2.75) is 44.9 Å². The number of halogens is 5. The molecule has 1 aliphatic rings. The summed E-state index contributed by atoms with van der Waals surface area (Å²) >= 11 is 1.01. The van der Waals surface area contributed by atoms with E-state index in [0.29, 0.717) is 54.3 Å². The number of hydrogen-bond donors (Lipinski definition) is 1. The van der Waals surface area contributed by atoms with Crippen LogP contribution in [0.5, 0.6) is 5.88 Å². The quantitative estimate of drug-likeness (QED) is 0.416. The van der Waals surface area contributed by atoms with Gasteiger partial charge in [-0.1, -0.05) is 0 Å². The van der Waals surface area contributed by atoms with Gasteiger partial charge in [-0.15, -0.1) is 0 Å². The molecule has 0 aromatic carbocycles. The Labute approximate surface area is 213 Å². The van der Waals surface area contributed by atoms with Crippen LogP contribution in [0.15, 0.2) is 30.7 Å². The summed E-state index contributed by atoms with van der Waals surface area (Å²) in [5.74, 6) is -0.134. The Hall–Kier alpha value is -3.26. The average molecular weight is 543 g/mol. The Morgan fingerprint density at radius 3 is 2.62 bits per heavy atom. The average Bonchev–Trinajstić information content (AvgIpc) is 3.20. The first kappa shape index (κ1) is 26.8. The molecule has 198 valence electrons. The molecule has 0 atom stereocenters. The number of carbonyl (C=O) groups excluding carboxylic acids is 1. The Morgan fingerprint density at radius 1 is 1.22 bits per heavy atom. The Kier molecular flexibility index (Phi) is 8.27. The molecule has 1 aliphatic heterocycles. The maximum absolute atomic E-state index is 13.0. The number of likely N-dealkylation sites (tertiary alicyclic amines) is 1. The molecule has 3 aromatic rings. The molecule has 0 radical (unpaired) electrons. The number of nitrogens with zero attached hydrogens (tertiary/aromatic N) is 5. The first-order chi connectivity index (χ1) is 17.6. The van der Waals surface area contributed by atoms with Gasteiger partial charge in [0.25, 0.3) is 12.3 Å². The van der Waals surface area contributed by atoms with Gasteiger partial charge in [0, 0.05) is 36.7 Å². The lowest BCUT2D eigenvalue weighted by Crippen LogP contribution is -2.40. The summed E-state index contributed by atoms with van der Waals surface area (Å²) in [6.45, 7) is 2.43. The van der Waals surface area contributed by atoms with Gasteiger partial charge in [-0.25, -0.2) is 18.7 Å². The van der Waals surface area contributed by atoms with Crippen molar-refractivity contribution in [3.05, 3.63) is 58.2 Å². The molecule has 1 saturated heterocycles. The zero-order valence-corrected chi connectivity index (χ0v) is 20.5. The molecular weight excluding hydrogens is 519 g/mol. The molecule has 14 heteroatoms. The number of nitrogens with one attached hydrogen (secondary N) is 1. The summed E-state index contributed by atoms with van der Waals surface area (Å²) in [7, 11) is 0. The minimum absolute atomic E-state index is 0.0354. The van der Waals surface area contributed by atoms with Crippen LogP contribution in [0.2, 0.25) is 0 Å². The summed E-state index contributed by atoms with van der Waals surface area (Å²) in [6.07, 6.45) is -2.65. The highest BCUT2D eigenvalue weighted by Crippen LogP contribution is 2.28. The smallest absolute Gasteiger partial charge is 0.434 e. The number of alkyl halides is 5.